The predicted molar refractivity (Wildman–Crippen MR) is 144 cm³/mol. The van der Waals surface area contributed by atoms with Crippen molar-refractivity contribution >= 4 is 29.6 Å². The third-order valence-electron chi connectivity index (χ3n) is 5.88. The first-order valence-electron chi connectivity index (χ1n) is 11.6. The van der Waals surface area contributed by atoms with Crippen molar-refractivity contribution in [2.75, 3.05) is 0 Å². The zero-order valence-electron chi connectivity index (χ0n) is 20.1. The minimum Gasteiger partial charge on any atom is -0.345 e. The normalized spacial score (nSPS) is 11.9. The molecule has 4 aromatic rings. The molecule has 1 heterocycles. The number of hydrazone groups is 1. The molecular formula is C29H27ClN4O2. The molecule has 0 spiro atoms. The lowest BCUT2D eigenvalue weighted by atomic mass is 10.0. The van der Waals surface area contributed by atoms with Crippen LogP contribution >= 0.6 is 11.6 Å². The fourth-order valence-corrected chi connectivity index (χ4v) is 4.21. The lowest BCUT2D eigenvalue weighted by molar-refractivity contribution is -0.121. The summed E-state index contributed by atoms with van der Waals surface area (Å²) in [5.74, 6) is -0.546. The van der Waals surface area contributed by atoms with Crippen molar-refractivity contribution in [2.24, 2.45) is 5.10 Å². The Morgan fingerprint density at radius 1 is 0.944 bits per heavy atom. The van der Waals surface area contributed by atoms with Crippen LogP contribution in [0.4, 0.5) is 0 Å². The summed E-state index contributed by atoms with van der Waals surface area (Å²) < 4.78 is 2.10. The Hall–Kier alpha value is -4.16. The van der Waals surface area contributed by atoms with Crippen molar-refractivity contribution in [3.8, 4) is 5.69 Å². The van der Waals surface area contributed by atoms with Crippen molar-refractivity contribution < 1.29 is 9.59 Å². The molecule has 0 fully saturated rings. The van der Waals surface area contributed by atoms with Gasteiger partial charge in [-0.1, -0.05) is 60.1 Å². The molecule has 182 valence electrons. The van der Waals surface area contributed by atoms with Crippen LogP contribution in [0.3, 0.4) is 0 Å². The van der Waals surface area contributed by atoms with Gasteiger partial charge in [0.25, 0.3) is 5.91 Å². The molecule has 0 saturated heterocycles. The average Bonchev–Trinajstić information content (AvgIpc) is 3.17. The summed E-state index contributed by atoms with van der Waals surface area (Å²) in [4.78, 5) is 25.5. The molecule has 0 radical (unpaired) electrons. The highest BCUT2D eigenvalue weighted by atomic mass is 35.5. The molecular weight excluding hydrogens is 472 g/mol. The quantitative estimate of drug-likeness (QED) is 0.239. The molecule has 7 heteroatoms. The molecule has 0 unspecified atom stereocenters. The summed E-state index contributed by atoms with van der Waals surface area (Å²) in [6.45, 7) is 4.01. The second-order valence-electron chi connectivity index (χ2n) is 8.44. The third kappa shape index (κ3) is 6.09. The van der Waals surface area contributed by atoms with Crippen LogP contribution in [0.1, 0.15) is 45.3 Å². The number of benzene rings is 3. The van der Waals surface area contributed by atoms with Gasteiger partial charge >= 0.3 is 0 Å². The number of halogens is 1. The maximum absolute atomic E-state index is 12.8. The largest absolute Gasteiger partial charge is 0.345 e. The van der Waals surface area contributed by atoms with Crippen molar-refractivity contribution in [1.29, 1.82) is 0 Å². The van der Waals surface area contributed by atoms with Crippen molar-refractivity contribution in [1.82, 2.24) is 15.3 Å². The van der Waals surface area contributed by atoms with Crippen LogP contribution in [-0.4, -0.2) is 22.6 Å². The van der Waals surface area contributed by atoms with Crippen LogP contribution in [0.2, 0.25) is 5.02 Å². The minimum absolute atomic E-state index is 0.0454. The molecule has 0 aliphatic heterocycles. The van der Waals surface area contributed by atoms with Crippen molar-refractivity contribution in [3.63, 3.8) is 0 Å². The molecule has 3 aromatic carbocycles. The van der Waals surface area contributed by atoms with E-state index in [1.54, 1.807) is 30.5 Å². The summed E-state index contributed by atoms with van der Waals surface area (Å²) in [6, 6.07) is 27.5. The maximum Gasteiger partial charge on any atom is 0.251 e. The molecule has 0 aliphatic rings. The standard InChI is InChI=1S/C29H27ClN4O2/c1-20-17-24(21(2)34(20)26-15-13-25(30)14-16-26)19-31-33-28(35)18-27(22-9-5-3-6-10-22)32-29(36)23-11-7-4-8-12-23/h3-17,19,27H,18H2,1-2H3,(H,32,36)(H,33,35)/b31-19-/t27-/m1/s1. The molecule has 0 bridgehead atoms. The molecule has 0 aliphatic carbocycles. The zero-order valence-corrected chi connectivity index (χ0v) is 20.9. The van der Waals surface area contributed by atoms with Crippen LogP contribution in [0.25, 0.3) is 5.69 Å². The van der Waals surface area contributed by atoms with Crippen LogP contribution in [-0.2, 0) is 4.79 Å². The van der Waals surface area contributed by atoms with E-state index in [1.807, 2.05) is 80.6 Å². The van der Waals surface area contributed by atoms with Gasteiger partial charge in [0, 0.05) is 33.2 Å². The Bertz CT molecular complexity index is 1360. The first-order valence-corrected chi connectivity index (χ1v) is 12.0. The molecule has 1 atom stereocenters. The monoisotopic (exact) mass is 498 g/mol. The second-order valence-corrected chi connectivity index (χ2v) is 8.87. The summed E-state index contributed by atoms with van der Waals surface area (Å²) in [6.07, 6.45) is 1.68. The van der Waals surface area contributed by atoms with E-state index in [1.165, 1.54) is 0 Å². The number of nitrogens with zero attached hydrogens (tertiary/aromatic N) is 2. The molecule has 2 N–H and O–H groups in total. The van der Waals surface area contributed by atoms with Crippen molar-refractivity contribution in [2.45, 2.75) is 26.3 Å². The van der Waals surface area contributed by atoms with Gasteiger partial charge in [0.15, 0.2) is 0 Å². The summed E-state index contributed by atoms with van der Waals surface area (Å²) in [5.41, 5.74) is 7.89. The van der Waals surface area contributed by atoms with Crippen molar-refractivity contribution in [3.05, 3.63) is 124 Å². The van der Waals surface area contributed by atoms with Crippen LogP contribution in [0.15, 0.2) is 96.1 Å². The number of amides is 2. The third-order valence-corrected chi connectivity index (χ3v) is 6.13. The Morgan fingerprint density at radius 3 is 2.25 bits per heavy atom. The number of carbonyl (C=O) groups excluding carboxylic acids is 2. The summed E-state index contributed by atoms with van der Waals surface area (Å²) >= 11 is 6.02. The van der Waals surface area contributed by atoms with Gasteiger partial charge in [-0.15, -0.1) is 0 Å². The first kappa shape index (κ1) is 24.9. The molecule has 0 saturated carbocycles. The number of hydrogen-bond donors (Lipinski definition) is 2. The molecule has 2 amide bonds. The minimum atomic E-state index is -0.496. The van der Waals surface area contributed by atoms with Gasteiger partial charge in [0.1, 0.15) is 0 Å². The van der Waals surface area contributed by atoms with Crippen LogP contribution in [0, 0.1) is 13.8 Å². The van der Waals surface area contributed by atoms with E-state index < -0.39 is 6.04 Å². The smallest absolute Gasteiger partial charge is 0.251 e. The number of aryl methyl sites for hydroxylation is 1. The van der Waals surface area contributed by atoms with Gasteiger partial charge in [-0.3, -0.25) is 9.59 Å². The molecule has 4 rings (SSSR count). The number of carbonyl (C=O) groups is 2. The number of rotatable bonds is 8. The van der Waals surface area contributed by atoms with Gasteiger partial charge < -0.3 is 9.88 Å². The zero-order chi connectivity index (χ0) is 25.5. The Morgan fingerprint density at radius 2 is 1.58 bits per heavy atom. The van der Waals surface area contributed by atoms with Gasteiger partial charge in [-0.05, 0) is 61.9 Å². The second kappa shape index (κ2) is 11.5. The van der Waals surface area contributed by atoms with E-state index in [4.69, 9.17) is 11.6 Å². The van der Waals surface area contributed by atoms with E-state index in [2.05, 4.69) is 20.4 Å². The van der Waals surface area contributed by atoms with E-state index in [0.717, 1.165) is 28.2 Å². The highest BCUT2D eigenvalue weighted by molar-refractivity contribution is 6.30. The van der Waals surface area contributed by atoms with E-state index in [-0.39, 0.29) is 18.2 Å². The number of hydrogen-bond acceptors (Lipinski definition) is 3. The Balaban J connectivity index is 1.44. The maximum atomic E-state index is 12.8. The first-order chi connectivity index (χ1) is 17.4. The van der Waals surface area contributed by atoms with E-state index >= 15 is 0 Å². The molecule has 36 heavy (non-hydrogen) atoms. The Kier molecular flexibility index (Phi) is 7.98. The fraction of sp³-hybridized carbons (Fsp3) is 0.138. The average molecular weight is 499 g/mol. The topological polar surface area (TPSA) is 75.5 Å². The van der Waals surface area contributed by atoms with Crippen LogP contribution < -0.4 is 10.7 Å². The summed E-state index contributed by atoms with van der Waals surface area (Å²) in [5, 5.41) is 7.82. The highest BCUT2D eigenvalue weighted by Crippen LogP contribution is 2.21. The highest BCUT2D eigenvalue weighted by Gasteiger charge is 2.19. The predicted octanol–water partition coefficient (Wildman–Crippen LogP) is 5.76. The number of nitrogens with one attached hydrogen (secondary N) is 2. The lowest BCUT2D eigenvalue weighted by Crippen LogP contribution is -2.32. The van der Waals surface area contributed by atoms with Gasteiger partial charge in [0.2, 0.25) is 5.91 Å². The fourth-order valence-electron chi connectivity index (χ4n) is 4.08. The van der Waals surface area contributed by atoms with E-state index in [0.29, 0.717) is 10.6 Å². The van der Waals surface area contributed by atoms with E-state index in [9.17, 15) is 9.59 Å². The molecule has 6 nitrogen and oxygen atoms in total. The molecule has 1 aromatic heterocycles. The number of aromatic nitrogens is 1. The summed E-state index contributed by atoms with van der Waals surface area (Å²) in [7, 11) is 0. The van der Waals surface area contributed by atoms with Gasteiger partial charge in [0.05, 0.1) is 18.7 Å². The SMILES string of the molecule is Cc1cc(/C=N\NC(=O)C[C@@H](NC(=O)c2ccccc2)c2ccccc2)c(C)n1-c1ccc(Cl)cc1. The van der Waals surface area contributed by atoms with Gasteiger partial charge in [-0.25, -0.2) is 5.43 Å². The van der Waals surface area contributed by atoms with Crippen LogP contribution in [0.5, 0.6) is 0 Å². The Labute approximate surface area is 215 Å². The lowest BCUT2D eigenvalue weighted by Gasteiger charge is -2.18. The van der Waals surface area contributed by atoms with Gasteiger partial charge in [-0.2, -0.15) is 5.10 Å².